The van der Waals surface area contributed by atoms with Crippen LogP contribution in [-0.2, 0) is 12.7 Å². The van der Waals surface area contributed by atoms with E-state index in [0.717, 1.165) is 0 Å². The van der Waals surface area contributed by atoms with Crippen molar-refractivity contribution in [3.63, 3.8) is 0 Å². The molecule has 0 aromatic heterocycles. The van der Waals surface area contributed by atoms with Crippen LogP contribution in [0.25, 0.3) is 11.1 Å². The largest absolute Gasteiger partial charge is 0.416 e. The summed E-state index contributed by atoms with van der Waals surface area (Å²) in [6.45, 7) is 0.299. The zero-order chi connectivity index (χ0) is 17.9. The first kappa shape index (κ1) is 15.6. The molecule has 3 aromatic carbocycles. The van der Waals surface area contributed by atoms with Gasteiger partial charge in [-0.1, -0.05) is 66.7 Å². The van der Waals surface area contributed by atoms with Crippen molar-refractivity contribution in [2.75, 3.05) is 0 Å². The van der Waals surface area contributed by atoms with Crippen molar-refractivity contribution >= 4 is 0 Å². The molecule has 1 aliphatic heterocycles. The summed E-state index contributed by atoms with van der Waals surface area (Å²) in [5.41, 5.74) is 4.60. The molecule has 0 N–H and O–H groups in total. The van der Waals surface area contributed by atoms with Gasteiger partial charge in [0.15, 0.2) is 0 Å². The molecule has 0 radical (unpaired) electrons. The minimum atomic E-state index is -4.33. The Labute approximate surface area is 149 Å². The third-order valence-corrected chi connectivity index (χ3v) is 5.45. The molecule has 1 heterocycles. The number of halogens is 3. The maximum Gasteiger partial charge on any atom is 0.416 e. The highest BCUT2D eigenvalue weighted by molar-refractivity contribution is 5.76. The second kappa shape index (κ2) is 5.45. The average molecular weight is 351 g/mol. The van der Waals surface area contributed by atoms with Gasteiger partial charge in [0.25, 0.3) is 0 Å². The first-order valence-corrected chi connectivity index (χ1v) is 8.65. The highest BCUT2D eigenvalue weighted by Crippen LogP contribution is 2.62. The Balaban J connectivity index is 1.56. The van der Waals surface area contributed by atoms with Crippen LogP contribution in [-0.4, -0.2) is 4.90 Å². The van der Waals surface area contributed by atoms with E-state index >= 15 is 0 Å². The van der Waals surface area contributed by atoms with E-state index in [0.29, 0.717) is 12.1 Å². The summed E-state index contributed by atoms with van der Waals surface area (Å²) in [6, 6.07) is 22.6. The number of benzene rings is 3. The van der Waals surface area contributed by atoms with Crippen LogP contribution in [0.3, 0.4) is 0 Å². The Hall–Kier alpha value is -2.59. The lowest BCUT2D eigenvalue weighted by atomic mass is 9.86. The van der Waals surface area contributed by atoms with Crippen LogP contribution >= 0.6 is 0 Å². The Morgan fingerprint density at radius 1 is 0.692 bits per heavy atom. The normalized spacial score (nSPS) is 23.0. The van der Waals surface area contributed by atoms with Crippen LogP contribution in [0.5, 0.6) is 0 Å². The van der Waals surface area contributed by atoms with E-state index in [1.54, 1.807) is 12.1 Å². The Morgan fingerprint density at radius 2 is 1.19 bits per heavy atom. The van der Waals surface area contributed by atoms with Gasteiger partial charge in [0.05, 0.1) is 17.6 Å². The van der Waals surface area contributed by atoms with Crippen molar-refractivity contribution in [3.8, 4) is 11.1 Å². The lowest BCUT2D eigenvalue weighted by Gasteiger charge is -2.16. The fourth-order valence-electron chi connectivity index (χ4n) is 4.30. The molecule has 0 saturated carbocycles. The molecule has 2 aliphatic rings. The predicted octanol–water partition coefficient (Wildman–Crippen LogP) is 5.98. The molecule has 4 heteroatoms. The molecule has 26 heavy (non-hydrogen) atoms. The number of nitrogens with zero attached hydrogens (tertiary/aromatic N) is 1. The van der Waals surface area contributed by atoms with Gasteiger partial charge >= 0.3 is 6.18 Å². The highest BCUT2D eigenvalue weighted by Gasteiger charge is 2.53. The summed E-state index contributed by atoms with van der Waals surface area (Å²) in [4.78, 5) is 2.16. The van der Waals surface area contributed by atoms with Gasteiger partial charge in [0, 0.05) is 6.54 Å². The first-order chi connectivity index (χ1) is 12.6. The number of fused-ring (bicyclic) bond motifs is 6. The maximum atomic E-state index is 13.3. The molecule has 1 fully saturated rings. The van der Waals surface area contributed by atoms with Gasteiger partial charge in [-0.25, -0.2) is 0 Å². The van der Waals surface area contributed by atoms with E-state index in [4.69, 9.17) is 0 Å². The SMILES string of the molecule is FC(F)(F)c1ccccc1CN1C2c3ccccc3-c3ccccc3C21. The summed E-state index contributed by atoms with van der Waals surface area (Å²) in [7, 11) is 0. The zero-order valence-corrected chi connectivity index (χ0v) is 13.9. The molecular weight excluding hydrogens is 335 g/mol. The van der Waals surface area contributed by atoms with E-state index in [-0.39, 0.29) is 12.1 Å². The number of hydrogen-bond acceptors (Lipinski definition) is 1. The van der Waals surface area contributed by atoms with Gasteiger partial charge in [0.2, 0.25) is 0 Å². The molecule has 1 nitrogen and oxygen atoms in total. The molecular formula is C22H16F3N. The summed E-state index contributed by atoms with van der Waals surface area (Å²) in [5, 5.41) is 0. The molecule has 5 rings (SSSR count). The molecule has 1 aliphatic carbocycles. The third kappa shape index (κ3) is 2.29. The molecule has 130 valence electrons. The fourth-order valence-corrected chi connectivity index (χ4v) is 4.30. The summed E-state index contributed by atoms with van der Waals surface area (Å²) < 4.78 is 40.0. The van der Waals surface area contributed by atoms with Crippen molar-refractivity contribution in [3.05, 3.63) is 95.1 Å². The van der Waals surface area contributed by atoms with Gasteiger partial charge < -0.3 is 0 Å². The predicted molar refractivity (Wildman–Crippen MR) is 94.3 cm³/mol. The van der Waals surface area contributed by atoms with Crippen LogP contribution in [0.1, 0.15) is 34.3 Å². The van der Waals surface area contributed by atoms with Crippen LogP contribution < -0.4 is 0 Å². The van der Waals surface area contributed by atoms with Crippen LogP contribution in [0.2, 0.25) is 0 Å². The molecule has 0 amide bonds. The Morgan fingerprint density at radius 3 is 1.77 bits per heavy atom. The topological polar surface area (TPSA) is 3.01 Å². The molecule has 2 unspecified atom stereocenters. The lowest BCUT2D eigenvalue weighted by Crippen LogP contribution is -2.11. The molecule has 3 aromatic rings. The standard InChI is InChI=1S/C22H16F3N/c23-22(24,25)19-12-6-1-7-14(19)13-26-20-17-10-4-2-8-15(17)16-9-3-5-11-18(16)21(20)26/h1-12,20-21H,13H2. The summed E-state index contributed by atoms with van der Waals surface area (Å²) >= 11 is 0. The van der Waals surface area contributed by atoms with E-state index in [9.17, 15) is 13.2 Å². The zero-order valence-electron chi connectivity index (χ0n) is 13.9. The summed E-state index contributed by atoms with van der Waals surface area (Å²) in [5.74, 6) is 0. The van der Waals surface area contributed by atoms with Crippen LogP contribution in [0.4, 0.5) is 13.2 Å². The monoisotopic (exact) mass is 351 g/mol. The molecule has 2 atom stereocenters. The van der Waals surface area contributed by atoms with Crippen molar-refractivity contribution in [1.29, 1.82) is 0 Å². The van der Waals surface area contributed by atoms with Crippen molar-refractivity contribution in [2.45, 2.75) is 24.8 Å². The second-order valence-corrected chi connectivity index (χ2v) is 6.89. The average Bonchev–Trinajstić information content (AvgIpc) is 3.36. The summed E-state index contributed by atoms with van der Waals surface area (Å²) in [6.07, 6.45) is -4.33. The first-order valence-electron chi connectivity index (χ1n) is 8.65. The second-order valence-electron chi connectivity index (χ2n) is 6.89. The van der Waals surface area contributed by atoms with Gasteiger partial charge in [-0.2, -0.15) is 13.2 Å². The van der Waals surface area contributed by atoms with Crippen molar-refractivity contribution < 1.29 is 13.2 Å². The van der Waals surface area contributed by atoms with Crippen molar-refractivity contribution in [2.24, 2.45) is 0 Å². The minimum absolute atomic E-state index is 0.155. The van der Waals surface area contributed by atoms with Crippen LogP contribution in [0.15, 0.2) is 72.8 Å². The fraction of sp³-hybridized carbons (Fsp3) is 0.182. The van der Waals surface area contributed by atoms with Gasteiger partial charge in [-0.3, -0.25) is 4.90 Å². The highest BCUT2D eigenvalue weighted by atomic mass is 19.4. The lowest BCUT2D eigenvalue weighted by molar-refractivity contribution is -0.138. The van der Waals surface area contributed by atoms with E-state index < -0.39 is 11.7 Å². The minimum Gasteiger partial charge on any atom is -0.281 e. The third-order valence-electron chi connectivity index (χ3n) is 5.45. The maximum absolute atomic E-state index is 13.3. The van der Waals surface area contributed by atoms with E-state index in [1.165, 1.54) is 34.4 Å². The quantitative estimate of drug-likeness (QED) is 0.513. The molecule has 1 saturated heterocycles. The number of rotatable bonds is 2. The molecule has 0 spiro atoms. The van der Waals surface area contributed by atoms with E-state index in [1.807, 2.05) is 24.3 Å². The van der Waals surface area contributed by atoms with Crippen molar-refractivity contribution in [1.82, 2.24) is 4.90 Å². The van der Waals surface area contributed by atoms with Gasteiger partial charge in [0.1, 0.15) is 0 Å². The van der Waals surface area contributed by atoms with E-state index in [2.05, 4.69) is 29.2 Å². The Kier molecular flexibility index (Phi) is 3.28. The smallest absolute Gasteiger partial charge is 0.281 e. The van der Waals surface area contributed by atoms with Gasteiger partial charge in [-0.15, -0.1) is 0 Å². The number of hydrogen-bond donors (Lipinski definition) is 0. The Bertz CT molecular complexity index is 941. The van der Waals surface area contributed by atoms with Gasteiger partial charge in [-0.05, 0) is 33.9 Å². The number of alkyl halides is 3. The molecule has 0 bridgehead atoms. The van der Waals surface area contributed by atoms with Crippen LogP contribution in [0, 0.1) is 0 Å².